The average molecular weight is 877 g/mol. The molecule has 1 saturated carbocycles. The van der Waals surface area contributed by atoms with Crippen LogP contribution in [0.5, 0.6) is 11.5 Å². The number of benzene rings is 3. The van der Waals surface area contributed by atoms with Crippen molar-refractivity contribution in [3.05, 3.63) is 95.2 Å². The van der Waals surface area contributed by atoms with Gasteiger partial charge in [0.2, 0.25) is 17.7 Å². The molecule has 1 atom stereocenters. The number of para-hydroxylation sites is 1. The topological polar surface area (TPSA) is 234 Å². The third-order valence-corrected chi connectivity index (χ3v) is 10.8. The molecular weight excluding hydrogens is 829 g/mol. The van der Waals surface area contributed by atoms with E-state index in [0.29, 0.717) is 47.9 Å². The van der Waals surface area contributed by atoms with Gasteiger partial charge in [0.1, 0.15) is 36.8 Å². The number of aromatic nitrogens is 1. The van der Waals surface area contributed by atoms with E-state index in [2.05, 4.69) is 27.0 Å². The number of hydrogen-bond acceptors (Lipinski definition) is 14. The molecule has 4 aromatic rings. The van der Waals surface area contributed by atoms with Crippen molar-refractivity contribution in [3.63, 3.8) is 0 Å². The Morgan fingerprint density at radius 2 is 1.45 bits per heavy atom. The van der Waals surface area contributed by atoms with E-state index < -0.39 is 29.7 Å². The van der Waals surface area contributed by atoms with Crippen molar-refractivity contribution in [3.8, 4) is 17.6 Å². The lowest BCUT2D eigenvalue weighted by Crippen LogP contribution is -2.54. The van der Waals surface area contributed by atoms with Crippen molar-refractivity contribution in [2.24, 2.45) is 0 Å². The predicted octanol–water partition coefficient (Wildman–Crippen LogP) is 3.71. The molecule has 3 aliphatic rings. The van der Waals surface area contributed by atoms with E-state index >= 15 is 0 Å². The molecule has 0 radical (unpaired) electrons. The van der Waals surface area contributed by atoms with Gasteiger partial charge in [-0.15, -0.1) is 0 Å². The molecule has 1 aromatic heterocycles. The van der Waals surface area contributed by atoms with Gasteiger partial charge in [-0.05, 0) is 86.7 Å². The van der Waals surface area contributed by atoms with Gasteiger partial charge in [-0.25, -0.2) is 0 Å². The van der Waals surface area contributed by atoms with Crippen molar-refractivity contribution in [1.82, 2.24) is 20.5 Å². The predicted molar refractivity (Wildman–Crippen MR) is 228 cm³/mol. The number of nitrogens with zero attached hydrogens (tertiary/aromatic N) is 3. The summed E-state index contributed by atoms with van der Waals surface area (Å²) in [5, 5.41) is 18.3. The molecule has 1 saturated heterocycles. The fraction of sp³-hybridized carbons (Fsp3) is 0.391. The van der Waals surface area contributed by atoms with Gasteiger partial charge < -0.3 is 39.1 Å². The Hall–Kier alpha value is -6.78. The molecule has 0 spiro atoms. The highest BCUT2D eigenvalue weighted by Gasteiger charge is 2.46. The summed E-state index contributed by atoms with van der Waals surface area (Å²) in [6.07, 6.45) is 4.81. The largest absolute Gasteiger partial charge is 0.490 e. The summed E-state index contributed by atoms with van der Waals surface area (Å²) >= 11 is 0. The number of nitrogens with one attached hydrogen (secondary N) is 3. The lowest BCUT2D eigenvalue weighted by molar-refractivity contribution is -0.136. The minimum absolute atomic E-state index is 0.00890. The van der Waals surface area contributed by atoms with Crippen molar-refractivity contribution >= 4 is 52.0 Å². The first kappa shape index (κ1) is 45.3. The van der Waals surface area contributed by atoms with Crippen LogP contribution >= 0.6 is 0 Å². The van der Waals surface area contributed by atoms with Crippen LogP contribution in [0.15, 0.2) is 72.9 Å². The summed E-state index contributed by atoms with van der Waals surface area (Å²) in [4.78, 5) is 80.6. The fourth-order valence-corrected chi connectivity index (χ4v) is 7.66. The highest BCUT2D eigenvalue weighted by atomic mass is 16.6. The van der Waals surface area contributed by atoms with E-state index in [1.54, 1.807) is 48.7 Å². The van der Waals surface area contributed by atoms with Gasteiger partial charge in [-0.2, -0.15) is 5.26 Å². The van der Waals surface area contributed by atoms with Crippen LogP contribution in [0.4, 0.5) is 5.69 Å². The number of nitriles is 1. The van der Waals surface area contributed by atoms with Gasteiger partial charge in [0, 0.05) is 35.3 Å². The fourth-order valence-electron chi connectivity index (χ4n) is 7.66. The van der Waals surface area contributed by atoms with Crippen LogP contribution in [0, 0.1) is 11.3 Å². The maximum absolute atomic E-state index is 13.2. The number of anilines is 1. The molecule has 64 heavy (non-hydrogen) atoms. The average Bonchev–Trinajstić information content (AvgIpc) is 3.55. The minimum Gasteiger partial charge on any atom is -0.490 e. The number of hydrogen-bond donors (Lipinski definition) is 3. The molecule has 334 valence electrons. The van der Waals surface area contributed by atoms with Gasteiger partial charge >= 0.3 is 0 Å². The molecule has 3 aromatic carbocycles. The highest BCUT2D eigenvalue weighted by Crippen LogP contribution is 2.34. The number of ether oxygens (including phenoxy) is 6. The van der Waals surface area contributed by atoms with Crippen LogP contribution in [0.2, 0.25) is 0 Å². The van der Waals surface area contributed by atoms with Crippen molar-refractivity contribution in [2.75, 3.05) is 64.8 Å². The van der Waals surface area contributed by atoms with E-state index in [-0.39, 0.29) is 93.3 Å². The summed E-state index contributed by atoms with van der Waals surface area (Å²) in [5.74, 6) is -2.00. The van der Waals surface area contributed by atoms with Crippen molar-refractivity contribution in [1.29, 1.82) is 5.26 Å². The first-order chi connectivity index (χ1) is 31.2. The zero-order valence-electron chi connectivity index (χ0n) is 35.0. The zero-order valence-corrected chi connectivity index (χ0v) is 35.0. The standard InChI is InChI=1S/C46H48N6O12/c47-27-30-3-1-4-34-37(17-18-48-42(30)34)64-33-13-11-32(12-14-33)50-43(55)29-7-9-31(10-8-29)49-40(54)28-62-24-23-60-20-19-59-21-22-61-25-26-63-38-6-2-5-35-41(38)46(58)52(45(35)57)36-15-16-39(53)51-44(36)56/h1-10,17-18,32-33,36H,11-16,19-26,28H2,(H,49,54)(H,50,55)(H,51,53,56)/t32-,33-,36?. The van der Waals surface area contributed by atoms with Crippen LogP contribution in [-0.2, 0) is 33.3 Å². The number of fused-ring (bicyclic) bond motifs is 2. The SMILES string of the molecule is N#Cc1cccc2c(O[C@H]3CC[C@H](NC(=O)c4ccc(NC(=O)COCCOCCOCCOCCOc5cccc6c5C(=O)N(C5CCC(=O)NC5=O)C6=O)cc4)CC3)ccnc12. The van der Waals surface area contributed by atoms with Gasteiger partial charge in [0.15, 0.2) is 0 Å². The van der Waals surface area contributed by atoms with E-state index in [1.165, 1.54) is 6.07 Å². The maximum Gasteiger partial charge on any atom is 0.266 e. The number of pyridine rings is 1. The number of rotatable bonds is 21. The van der Waals surface area contributed by atoms with Crippen LogP contribution in [0.25, 0.3) is 10.9 Å². The van der Waals surface area contributed by atoms with Crippen molar-refractivity contribution in [2.45, 2.75) is 56.7 Å². The van der Waals surface area contributed by atoms with Gasteiger partial charge in [0.05, 0.1) is 74.6 Å². The molecule has 2 fully saturated rings. The van der Waals surface area contributed by atoms with E-state index in [0.717, 1.165) is 36.0 Å². The first-order valence-corrected chi connectivity index (χ1v) is 21.1. The summed E-state index contributed by atoms with van der Waals surface area (Å²) in [6.45, 7) is 1.79. The molecule has 6 amide bonds. The Balaban J connectivity index is 0.688. The molecule has 1 aliphatic carbocycles. The normalized spacial score (nSPS) is 18.3. The molecule has 18 heteroatoms. The molecule has 3 heterocycles. The van der Waals surface area contributed by atoms with Crippen LogP contribution in [0.1, 0.15) is 75.2 Å². The number of imide groups is 2. The third-order valence-electron chi connectivity index (χ3n) is 10.8. The molecule has 7 rings (SSSR count). The first-order valence-electron chi connectivity index (χ1n) is 21.1. The van der Waals surface area contributed by atoms with Crippen LogP contribution in [0.3, 0.4) is 0 Å². The molecule has 18 nitrogen and oxygen atoms in total. The maximum atomic E-state index is 13.2. The highest BCUT2D eigenvalue weighted by molar-refractivity contribution is 6.24. The summed E-state index contributed by atoms with van der Waals surface area (Å²) in [6, 6.07) is 19.7. The molecular formula is C46H48N6O12. The minimum atomic E-state index is -1.06. The van der Waals surface area contributed by atoms with Gasteiger partial charge in [0.25, 0.3) is 17.7 Å². The number of carbonyl (C=O) groups is 6. The lowest BCUT2D eigenvalue weighted by Gasteiger charge is -2.30. The van der Waals surface area contributed by atoms with Crippen molar-refractivity contribution < 1.29 is 57.2 Å². The number of piperidine rings is 1. The monoisotopic (exact) mass is 876 g/mol. The molecule has 2 aliphatic heterocycles. The van der Waals surface area contributed by atoms with Gasteiger partial charge in [-0.3, -0.25) is 44.0 Å². The van der Waals surface area contributed by atoms with Gasteiger partial charge in [-0.1, -0.05) is 12.1 Å². The Morgan fingerprint density at radius 3 is 2.16 bits per heavy atom. The molecule has 3 N–H and O–H groups in total. The molecule has 1 unspecified atom stereocenters. The quantitative estimate of drug-likeness (QED) is 0.0800. The Labute approximate surface area is 368 Å². The Morgan fingerprint density at radius 1 is 0.766 bits per heavy atom. The van der Waals surface area contributed by atoms with E-state index in [1.807, 2.05) is 18.2 Å². The Kier molecular flexibility index (Phi) is 15.6. The Bertz CT molecular complexity index is 2390. The third kappa shape index (κ3) is 11.4. The van der Waals surface area contributed by atoms with E-state index in [9.17, 15) is 34.0 Å². The number of carbonyl (C=O) groups excluding carboxylic acids is 6. The van der Waals surface area contributed by atoms with Crippen LogP contribution < -0.4 is 25.4 Å². The van der Waals surface area contributed by atoms with Crippen LogP contribution in [-0.4, -0.2) is 123 Å². The lowest BCUT2D eigenvalue weighted by atomic mass is 9.92. The molecule has 0 bridgehead atoms. The zero-order chi connectivity index (χ0) is 44.8. The summed E-state index contributed by atoms with van der Waals surface area (Å²) < 4.78 is 34.0. The number of amides is 6. The smallest absolute Gasteiger partial charge is 0.266 e. The summed E-state index contributed by atoms with van der Waals surface area (Å²) in [5.41, 5.74) is 2.35. The second-order valence-corrected chi connectivity index (χ2v) is 15.2. The second kappa shape index (κ2) is 22.0. The summed E-state index contributed by atoms with van der Waals surface area (Å²) in [7, 11) is 0. The van der Waals surface area contributed by atoms with E-state index in [4.69, 9.17) is 28.4 Å². The second-order valence-electron chi connectivity index (χ2n) is 15.2.